The van der Waals surface area contributed by atoms with Crippen LogP contribution in [0.1, 0.15) is 52.2 Å². The van der Waals surface area contributed by atoms with E-state index in [1.54, 1.807) is 16.8 Å². The van der Waals surface area contributed by atoms with Gasteiger partial charge in [-0.05, 0) is 56.3 Å². The maximum atomic E-state index is 14.8. The summed E-state index contributed by atoms with van der Waals surface area (Å²) >= 11 is 1.23. The zero-order valence-corrected chi connectivity index (χ0v) is 23.2. The first kappa shape index (κ1) is 26.3. The Morgan fingerprint density at radius 2 is 2.00 bits per heavy atom. The van der Waals surface area contributed by atoms with Crippen molar-refractivity contribution in [3.63, 3.8) is 0 Å². The van der Waals surface area contributed by atoms with Crippen molar-refractivity contribution in [3.05, 3.63) is 73.6 Å². The Balaban J connectivity index is 1.21. The third-order valence-electron chi connectivity index (χ3n) is 7.53. The van der Waals surface area contributed by atoms with Crippen LogP contribution >= 0.6 is 11.3 Å². The van der Waals surface area contributed by atoms with E-state index >= 15 is 0 Å². The van der Waals surface area contributed by atoms with E-state index in [9.17, 15) is 18.4 Å². The molecule has 1 fully saturated rings. The third kappa shape index (κ3) is 4.92. The Hall–Kier alpha value is -3.90. The lowest BCUT2D eigenvalue weighted by molar-refractivity contribution is 0.102. The van der Waals surface area contributed by atoms with Gasteiger partial charge in [0.05, 0.1) is 22.0 Å². The van der Waals surface area contributed by atoms with E-state index in [0.29, 0.717) is 33.9 Å². The SMILES string of the molecule is Cn1nc(Nc2cc(-c3ccc(F)c(NC(=O)c4cc5c(s4)CC(C)(C)C5F)c3)n[nH]c2=O)cc1CN1CCC1. The second-order valence-corrected chi connectivity index (χ2v) is 12.2. The largest absolute Gasteiger partial charge is 0.334 e. The number of likely N-dealkylation sites (tertiary alicyclic amines) is 1. The van der Waals surface area contributed by atoms with E-state index < -0.39 is 28.9 Å². The molecule has 1 aromatic carbocycles. The van der Waals surface area contributed by atoms with Gasteiger partial charge in [-0.15, -0.1) is 11.3 Å². The van der Waals surface area contributed by atoms with Crippen molar-refractivity contribution in [2.24, 2.45) is 12.5 Å². The molecule has 1 aliphatic carbocycles. The van der Waals surface area contributed by atoms with Crippen LogP contribution in [0.3, 0.4) is 0 Å². The zero-order valence-electron chi connectivity index (χ0n) is 22.3. The quantitative estimate of drug-likeness (QED) is 0.286. The van der Waals surface area contributed by atoms with E-state index in [2.05, 4.69) is 30.8 Å². The van der Waals surface area contributed by atoms with E-state index in [4.69, 9.17) is 0 Å². The van der Waals surface area contributed by atoms with Crippen molar-refractivity contribution in [2.75, 3.05) is 23.7 Å². The number of alkyl halides is 1. The third-order valence-corrected chi connectivity index (χ3v) is 8.68. The fraction of sp³-hybridized carbons (Fsp3) is 0.357. The number of hydrogen-bond donors (Lipinski definition) is 3. The molecule has 3 aromatic heterocycles. The van der Waals surface area contributed by atoms with Crippen molar-refractivity contribution >= 4 is 34.4 Å². The van der Waals surface area contributed by atoms with Crippen LogP contribution in [0.2, 0.25) is 0 Å². The van der Waals surface area contributed by atoms with Crippen molar-refractivity contribution in [3.8, 4) is 11.3 Å². The van der Waals surface area contributed by atoms with Crippen LogP contribution in [-0.4, -0.2) is 43.9 Å². The van der Waals surface area contributed by atoms with Crippen LogP contribution < -0.4 is 16.2 Å². The number of carbonyl (C=O) groups excluding carboxylic acids is 1. The lowest BCUT2D eigenvalue weighted by atomic mass is 9.89. The molecule has 4 aromatic rings. The van der Waals surface area contributed by atoms with Gasteiger partial charge < -0.3 is 10.6 Å². The van der Waals surface area contributed by atoms with Gasteiger partial charge in [-0.25, -0.2) is 13.9 Å². The number of benzene rings is 1. The van der Waals surface area contributed by atoms with E-state index in [1.165, 1.54) is 36.0 Å². The van der Waals surface area contributed by atoms with Gasteiger partial charge in [-0.3, -0.25) is 19.2 Å². The van der Waals surface area contributed by atoms with Crippen LogP contribution in [0.4, 0.5) is 26.0 Å². The molecule has 12 heteroatoms. The Kier molecular flexibility index (Phi) is 6.54. The number of rotatable bonds is 7. The molecule has 1 amide bonds. The predicted octanol–water partition coefficient (Wildman–Crippen LogP) is 5.17. The standard InChI is InChI=1S/C28H29F2N7O2S/c1-28(2)13-23-17(25(28)30)11-22(40-23)27(39)32-20-9-15(5-6-18(20)29)19-12-21(26(38)34-33-19)31-24-10-16(36(3)35-24)14-37-7-4-8-37/h5-6,9-12,25H,4,7-8,13-14H2,1-3H3,(H,32,39)(H,34,38)(H,31,33,35). The summed E-state index contributed by atoms with van der Waals surface area (Å²) in [5, 5.41) is 16.7. The van der Waals surface area contributed by atoms with E-state index in [-0.39, 0.29) is 11.4 Å². The summed E-state index contributed by atoms with van der Waals surface area (Å²) in [7, 11) is 1.86. The number of aromatic amines is 1. The smallest absolute Gasteiger partial charge is 0.287 e. The average molecular weight is 566 g/mol. The summed E-state index contributed by atoms with van der Waals surface area (Å²) in [6.07, 6.45) is 0.603. The number of nitrogens with one attached hydrogen (secondary N) is 3. The highest BCUT2D eigenvalue weighted by Gasteiger charge is 2.41. The Labute approximate surface area is 233 Å². The molecule has 4 heterocycles. The van der Waals surface area contributed by atoms with Gasteiger partial charge in [0.25, 0.3) is 11.5 Å². The molecule has 1 aliphatic heterocycles. The number of aromatic nitrogens is 4. The molecular formula is C28H29F2N7O2S. The number of halogens is 2. The highest BCUT2D eigenvalue weighted by atomic mass is 32.1. The molecule has 2 aliphatic rings. The minimum atomic E-state index is -1.15. The number of nitrogens with zero attached hydrogens (tertiary/aromatic N) is 4. The lowest BCUT2D eigenvalue weighted by Crippen LogP contribution is -2.36. The first-order valence-corrected chi connectivity index (χ1v) is 13.9. The van der Waals surface area contributed by atoms with Gasteiger partial charge in [-0.1, -0.05) is 13.8 Å². The molecule has 9 nitrogen and oxygen atoms in total. The number of H-pyrrole nitrogens is 1. The summed E-state index contributed by atoms with van der Waals surface area (Å²) in [6, 6.07) is 9.19. The molecule has 0 spiro atoms. The summed E-state index contributed by atoms with van der Waals surface area (Å²) in [5.74, 6) is -0.618. The monoisotopic (exact) mass is 565 g/mol. The molecule has 3 N–H and O–H groups in total. The Morgan fingerprint density at radius 3 is 2.73 bits per heavy atom. The number of amides is 1. The number of hydrogen-bond acceptors (Lipinski definition) is 7. The molecule has 0 saturated carbocycles. The molecule has 0 bridgehead atoms. The zero-order chi connectivity index (χ0) is 28.2. The van der Waals surface area contributed by atoms with Crippen LogP contribution in [0.15, 0.2) is 41.2 Å². The van der Waals surface area contributed by atoms with Crippen molar-refractivity contribution < 1.29 is 13.6 Å². The second-order valence-electron chi connectivity index (χ2n) is 11.1. The summed E-state index contributed by atoms with van der Waals surface area (Å²) < 4.78 is 31.2. The van der Waals surface area contributed by atoms with Gasteiger partial charge in [-0.2, -0.15) is 10.2 Å². The predicted molar refractivity (Wildman–Crippen MR) is 150 cm³/mol. The van der Waals surface area contributed by atoms with E-state index in [1.807, 2.05) is 27.0 Å². The van der Waals surface area contributed by atoms with Gasteiger partial charge in [0, 0.05) is 41.1 Å². The minimum Gasteiger partial charge on any atom is -0.334 e. The van der Waals surface area contributed by atoms with E-state index in [0.717, 1.165) is 30.2 Å². The highest BCUT2D eigenvalue weighted by molar-refractivity contribution is 7.14. The summed E-state index contributed by atoms with van der Waals surface area (Å²) in [5.41, 5.74) is 1.65. The van der Waals surface area contributed by atoms with Crippen LogP contribution in [-0.2, 0) is 20.0 Å². The molecule has 0 radical (unpaired) electrons. The highest BCUT2D eigenvalue weighted by Crippen LogP contribution is 2.50. The van der Waals surface area contributed by atoms with Gasteiger partial charge in [0.15, 0.2) is 5.82 Å². The van der Waals surface area contributed by atoms with Crippen molar-refractivity contribution in [2.45, 2.75) is 39.4 Å². The topological polar surface area (TPSA) is 108 Å². The molecule has 6 rings (SSSR count). The number of fused-ring (bicyclic) bond motifs is 1. The molecule has 1 saturated heterocycles. The minimum absolute atomic E-state index is 0.0453. The fourth-order valence-electron chi connectivity index (χ4n) is 5.06. The maximum Gasteiger partial charge on any atom is 0.287 e. The first-order valence-electron chi connectivity index (χ1n) is 13.1. The normalized spacial score (nSPS) is 17.9. The number of thiophene rings is 1. The summed E-state index contributed by atoms with van der Waals surface area (Å²) in [4.78, 5) is 28.9. The Bertz CT molecular complexity index is 1670. The molecule has 208 valence electrons. The number of aryl methyl sites for hydroxylation is 1. The number of anilines is 3. The first-order chi connectivity index (χ1) is 19.1. The van der Waals surface area contributed by atoms with Gasteiger partial charge >= 0.3 is 0 Å². The number of carbonyl (C=O) groups is 1. The molecule has 1 atom stereocenters. The van der Waals surface area contributed by atoms with Gasteiger partial charge in [0.2, 0.25) is 0 Å². The van der Waals surface area contributed by atoms with Crippen LogP contribution in [0.25, 0.3) is 11.3 Å². The molecule has 40 heavy (non-hydrogen) atoms. The average Bonchev–Trinajstić information content (AvgIpc) is 3.51. The van der Waals surface area contributed by atoms with Crippen LogP contribution in [0.5, 0.6) is 0 Å². The maximum absolute atomic E-state index is 14.8. The fourth-order valence-corrected chi connectivity index (χ4v) is 6.38. The molecule has 1 unspecified atom stereocenters. The molecular weight excluding hydrogens is 536 g/mol. The van der Waals surface area contributed by atoms with Crippen molar-refractivity contribution in [1.29, 1.82) is 0 Å². The second kappa shape index (κ2) is 9.93. The lowest BCUT2D eigenvalue weighted by Gasteiger charge is -2.30. The van der Waals surface area contributed by atoms with Crippen LogP contribution in [0, 0.1) is 11.2 Å². The van der Waals surface area contributed by atoms with Gasteiger partial charge in [0.1, 0.15) is 17.7 Å². The summed E-state index contributed by atoms with van der Waals surface area (Å²) in [6.45, 7) is 6.63. The Morgan fingerprint density at radius 1 is 1.20 bits per heavy atom. The van der Waals surface area contributed by atoms with Crippen molar-refractivity contribution in [1.82, 2.24) is 24.9 Å².